The van der Waals surface area contributed by atoms with Crippen molar-refractivity contribution in [3.05, 3.63) is 0 Å². The minimum atomic E-state index is 0. The second-order valence-corrected chi connectivity index (χ2v) is 0. The van der Waals surface area contributed by atoms with Crippen LogP contribution < -0.4 is 71.9 Å². The van der Waals surface area contributed by atoms with Crippen LogP contribution in [-0.2, 0) is 0 Å². The van der Waals surface area contributed by atoms with Crippen LogP contribution in [0.5, 0.6) is 0 Å². The van der Waals surface area contributed by atoms with Crippen molar-refractivity contribution in [1.82, 2.24) is 0 Å². The summed E-state index contributed by atoms with van der Waals surface area (Å²) in [6, 6.07) is 0. The second kappa shape index (κ2) is 18.7. The maximum absolute atomic E-state index is 0. The fourth-order valence-electron chi connectivity index (χ4n) is 0. The van der Waals surface area contributed by atoms with Gasteiger partial charge in [-0.05, 0) is 0 Å². The van der Waals surface area contributed by atoms with Crippen molar-refractivity contribution in [3.63, 3.8) is 0 Å². The minimum absolute atomic E-state index is 0. The van der Waals surface area contributed by atoms with E-state index in [1.54, 1.807) is 0 Å². The van der Waals surface area contributed by atoms with Crippen LogP contribution in [0, 0.1) is 0 Å². The molecule has 0 N–H and O–H groups in total. The smallest absolute Gasteiger partial charge is 1.00 e. The topological polar surface area (TPSA) is 0 Å². The van der Waals surface area contributed by atoms with E-state index in [1.165, 1.54) is 0 Å². The Morgan fingerprint density at radius 2 is 0.500 bits per heavy atom. The van der Waals surface area contributed by atoms with Crippen molar-refractivity contribution in [3.8, 4) is 0 Å². The molecule has 0 saturated heterocycles. The molecule has 0 spiro atoms. The maximum Gasteiger partial charge on any atom is 3.00 e. The summed E-state index contributed by atoms with van der Waals surface area (Å²) in [4.78, 5) is 0. The molecule has 0 radical (unpaired) electrons. The molecule has 0 aromatic carbocycles. The van der Waals surface area contributed by atoms with Gasteiger partial charge in [-0.25, -0.2) is 0 Å². The molecule has 0 amide bonds. The van der Waals surface area contributed by atoms with Gasteiger partial charge in [0.05, 0.1) is 0 Å². The van der Waals surface area contributed by atoms with Crippen LogP contribution >= 0.6 is 0 Å². The molecule has 0 aliphatic rings. The standard InChI is InChI=1S/B.3HI/h;3*1H/q+3;;;/p-3. The first-order valence-corrected chi connectivity index (χ1v) is 0. The van der Waals surface area contributed by atoms with Gasteiger partial charge < -0.3 is 71.9 Å². The molecule has 0 aliphatic heterocycles. The van der Waals surface area contributed by atoms with E-state index in [1.807, 2.05) is 0 Å². The van der Waals surface area contributed by atoms with Gasteiger partial charge in [0.2, 0.25) is 0 Å². The SMILES string of the molecule is [B+3].[I-].[I-].[I-]. The van der Waals surface area contributed by atoms with E-state index in [4.69, 9.17) is 0 Å². The summed E-state index contributed by atoms with van der Waals surface area (Å²) in [5.41, 5.74) is 0. The molecule has 0 saturated carbocycles. The van der Waals surface area contributed by atoms with Gasteiger partial charge in [-0.1, -0.05) is 0 Å². The van der Waals surface area contributed by atoms with E-state index in [-0.39, 0.29) is 80.3 Å². The minimum Gasteiger partial charge on any atom is -1.00 e. The van der Waals surface area contributed by atoms with E-state index >= 15 is 0 Å². The molecule has 4 heteroatoms. The number of hydrogen-bond donors (Lipinski definition) is 0. The molecule has 0 aromatic rings. The van der Waals surface area contributed by atoms with Crippen molar-refractivity contribution in [1.29, 1.82) is 0 Å². The first kappa shape index (κ1) is 34.0. The van der Waals surface area contributed by atoms with E-state index in [0.717, 1.165) is 0 Å². The number of halogens is 3. The molecule has 0 nitrogen and oxygen atoms in total. The molecule has 0 heterocycles. The van der Waals surface area contributed by atoms with Crippen LogP contribution in [-0.4, -0.2) is 8.41 Å². The average Bonchev–Trinajstić information content (AvgIpc) is 0. The summed E-state index contributed by atoms with van der Waals surface area (Å²) in [5, 5.41) is 0. The zero-order chi connectivity index (χ0) is 0. The fourth-order valence-corrected chi connectivity index (χ4v) is 0. The summed E-state index contributed by atoms with van der Waals surface area (Å²) in [6.45, 7) is 0. The summed E-state index contributed by atoms with van der Waals surface area (Å²) >= 11 is 0. The fraction of sp³-hybridized carbons (Fsp3) is 0. The van der Waals surface area contributed by atoms with Crippen LogP contribution in [0.4, 0.5) is 0 Å². The van der Waals surface area contributed by atoms with Crippen molar-refractivity contribution < 1.29 is 71.9 Å². The summed E-state index contributed by atoms with van der Waals surface area (Å²) in [5.74, 6) is 0. The monoisotopic (exact) mass is 392 g/mol. The van der Waals surface area contributed by atoms with Gasteiger partial charge in [0.15, 0.2) is 0 Å². The Labute approximate surface area is 79.1 Å². The Balaban J connectivity index is 0. The average molecular weight is 392 g/mol. The number of hydrogen-bond acceptors (Lipinski definition) is 0. The molecule has 24 valence electrons. The van der Waals surface area contributed by atoms with Crippen molar-refractivity contribution in [2.75, 3.05) is 0 Å². The summed E-state index contributed by atoms with van der Waals surface area (Å²) in [7, 11) is 0. The van der Waals surface area contributed by atoms with Gasteiger partial charge in [0.1, 0.15) is 0 Å². The molecule has 0 unspecified atom stereocenters. The molecule has 0 aromatic heterocycles. The van der Waals surface area contributed by atoms with Crippen LogP contribution in [0.1, 0.15) is 0 Å². The first-order valence-electron chi connectivity index (χ1n) is 0. The Kier molecular flexibility index (Phi) is 159. The largest absolute Gasteiger partial charge is 3.00 e. The molecule has 0 rings (SSSR count). The zero-order valence-electron chi connectivity index (χ0n) is 1.71. The molecule has 0 fully saturated rings. The zero-order valence-corrected chi connectivity index (χ0v) is 8.18. The van der Waals surface area contributed by atoms with Crippen molar-refractivity contribution >= 4 is 8.41 Å². The van der Waals surface area contributed by atoms with Gasteiger partial charge in [-0.3, -0.25) is 0 Å². The molecular weight excluding hydrogens is 392 g/mol. The predicted molar refractivity (Wildman–Crippen MR) is 5.75 cm³/mol. The van der Waals surface area contributed by atoms with E-state index in [9.17, 15) is 0 Å². The van der Waals surface area contributed by atoms with Crippen LogP contribution in [0.3, 0.4) is 0 Å². The molecule has 0 aliphatic carbocycles. The third-order valence-electron chi connectivity index (χ3n) is 0. The van der Waals surface area contributed by atoms with Crippen LogP contribution in [0.25, 0.3) is 0 Å². The number of rotatable bonds is 0. The molecule has 0 bridgehead atoms. The Morgan fingerprint density at radius 1 is 0.500 bits per heavy atom. The Bertz CT molecular complexity index is 3.25. The van der Waals surface area contributed by atoms with E-state index in [2.05, 4.69) is 0 Å². The van der Waals surface area contributed by atoms with Crippen molar-refractivity contribution in [2.24, 2.45) is 0 Å². The van der Waals surface area contributed by atoms with Crippen LogP contribution in [0.15, 0.2) is 0 Å². The summed E-state index contributed by atoms with van der Waals surface area (Å²) < 4.78 is 0. The maximum atomic E-state index is 0. The van der Waals surface area contributed by atoms with Gasteiger partial charge in [0, 0.05) is 0 Å². The molecular formula is BI3. The molecule has 4 heavy (non-hydrogen) atoms. The Hall–Kier alpha value is 2.25. The predicted octanol–water partition coefficient (Wildman–Crippen LogP) is -9.37. The molecule has 0 atom stereocenters. The Morgan fingerprint density at radius 3 is 0.500 bits per heavy atom. The van der Waals surface area contributed by atoms with E-state index in [0.29, 0.717) is 0 Å². The quantitative estimate of drug-likeness (QED) is 0.284. The van der Waals surface area contributed by atoms with Gasteiger partial charge in [-0.2, -0.15) is 0 Å². The van der Waals surface area contributed by atoms with Gasteiger partial charge in [-0.15, -0.1) is 0 Å². The van der Waals surface area contributed by atoms with Crippen molar-refractivity contribution in [2.45, 2.75) is 0 Å². The first-order chi connectivity index (χ1) is 0. The third-order valence-corrected chi connectivity index (χ3v) is 0. The van der Waals surface area contributed by atoms with Gasteiger partial charge >= 0.3 is 8.41 Å². The van der Waals surface area contributed by atoms with E-state index < -0.39 is 0 Å². The summed E-state index contributed by atoms with van der Waals surface area (Å²) in [6.07, 6.45) is 0. The van der Waals surface area contributed by atoms with Crippen LogP contribution in [0.2, 0.25) is 0 Å². The second-order valence-electron chi connectivity index (χ2n) is 0. The third kappa shape index (κ3) is 8.87. The normalized spacial score (nSPS) is 0. The van der Waals surface area contributed by atoms with Gasteiger partial charge in [0.25, 0.3) is 0 Å².